The van der Waals surface area contributed by atoms with E-state index in [1.807, 2.05) is 6.92 Å². The van der Waals surface area contributed by atoms with Crippen LogP contribution in [0.25, 0.3) is 0 Å². The molecule has 3 nitrogen and oxygen atoms in total. The summed E-state index contributed by atoms with van der Waals surface area (Å²) in [4.78, 5) is 17.3. The third kappa shape index (κ3) is 2.72. The van der Waals surface area contributed by atoms with Crippen molar-refractivity contribution in [2.24, 2.45) is 4.99 Å². The van der Waals surface area contributed by atoms with Gasteiger partial charge in [-0.25, -0.2) is 0 Å². The molecule has 0 unspecified atom stereocenters. The molecule has 1 heterocycles. The van der Waals surface area contributed by atoms with Crippen molar-refractivity contribution in [2.45, 2.75) is 20.4 Å². The molecule has 0 fully saturated rings. The Hall–Kier alpha value is -0.550. The molecule has 0 aromatic carbocycles. The second-order valence-electron chi connectivity index (χ2n) is 3.22. The number of nitrogens with zero attached hydrogens (tertiary/aromatic N) is 2. The molecule has 0 bridgehead atoms. The van der Waals surface area contributed by atoms with Gasteiger partial charge in [-0.2, -0.15) is 11.8 Å². The Bertz CT molecular complexity index is 418. The van der Waals surface area contributed by atoms with Crippen LogP contribution in [0.1, 0.15) is 22.3 Å². The van der Waals surface area contributed by atoms with E-state index in [0.29, 0.717) is 0 Å². The third-order valence-corrected chi connectivity index (χ3v) is 4.15. The van der Waals surface area contributed by atoms with Gasteiger partial charge in [0.05, 0.1) is 4.88 Å². The first-order valence-electron chi connectivity index (χ1n) is 4.74. The molecule has 0 atom stereocenters. The van der Waals surface area contributed by atoms with Crippen LogP contribution in [0.15, 0.2) is 4.99 Å². The van der Waals surface area contributed by atoms with Crippen LogP contribution in [0.4, 0.5) is 0 Å². The normalized spacial score (nSPS) is 12.1. The molecule has 0 aliphatic heterocycles. The Morgan fingerprint density at radius 2 is 2.27 bits per heavy atom. The zero-order valence-corrected chi connectivity index (χ0v) is 11.2. The molecule has 15 heavy (non-hydrogen) atoms. The van der Waals surface area contributed by atoms with E-state index >= 15 is 0 Å². The maximum absolute atomic E-state index is 11.4. The lowest BCUT2D eigenvalue weighted by molar-refractivity contribution is 0.102. The summed E-state index contributed by atoms with van der Waals surface area (Å²) in [5.74, 6) is 1.17. The monoisotopic (exact) mass is 244 g/mol. The van der Waals surface area contributed by atoms with Crippen molar-refractivity contribution in [3.8, 4) is 0 Å². The minimum absolute atomic E-state index is 0.130. The van der Waals surface area contributed by atoms with Crippen molar-refractivity contribution < 1.29 is 4.79 Å². The molecule has 0 saturated heterocycles. The summed E-state index contributed by atoms with van der Waals surface area (Å²) in [5, 5.41) is 0. The van der Waals surface area contributed by atoms with E-state index in [0.717, 1.165) is 27.7 Å². The minimum Gasteiger partial charge on any atom is -0.320 e. The fourth-order valence-corrected chi connectivity index (χ4v) is 2.80. The summed E-state index contributed by atoms with van der Waals surface area (Å²) in [6, 6.07) is 0. The number of aromatic nitrogens is 1. The highest BCUT2D eigenvalue weighted by Crippen LogP contribution is 2.13. The van der Waals surface area contributed by atoms with E-state index in [1.165, 1.54) is 11.3 Å². The molecule has 0 amide bonds. The number of thioether (sulfide) groups is 1. The van der Waals surface area contributed by atoms with Crippen LogP contribution in [-0.2, 0) is 6.54 Å². The fourth-order valence-electron chi connectivity index (χ4n) is 1.43. The number of thiazole rings is 1. The van der Waals surface area contributed by atoms with Gasteiger partial charge in [0.1, 0.15) is 0 Å². The largest absolute Gasteiger partial charge is 0.320 e. The van der Waals surface area contributed by atoms with Crippen molar-refractivity contribution in [1.29, 1.82) is 0 Å². The number of hydrogen-bond donors (Lipinski definition) is 0. The van der Waals surface area contributed by atoms with Crippen molar-refractivity contribution in [2.75, 3.05) is 19.1 Å². The second-order valence-corrected chi connectivity index (χ2v) is 5.19. The van der Waals surface area contributed by atoms with Crippen LogP contribution < -0.4 is 4.80 Å². The number of ketones is 1. The molecule has 1 aromatic heterocycles. The average Bonchev–Trinajstić information content (AvgIpc) is 2.52. The van der Waals surface area contributed by atoms with Crippen molar-refractivity contribution in [1.82, 2.24) is 4.57 Å². The number of rotatable bonds is 4. The predicted molar refractivity (Wildman–Crippen MR) is 66.9 cm³/mol. The number of hydrogen-bond acceptors (Lipinski definition) is 4. The Morgan fingerprint density at radius 1 is 1.60 bits per heavy atom. The average molecular weight is 244 g/mol. The first kappa shape index (κ1) is 12.5. The highest BCUT2D eigenvalue weighted by atomic mass is 32.2. The molecular weight excluding hydrogens is 228 g/mol. The smallest absolute Gasteiger partial charge is 0.185 e. The molecule has 1 rings (SSSR count). The van der Waals surface area contributed by atoms with E-state index in [4.69, 9.17) is 0 Å². The predicted octanol–water partition coefficient (Wildman–Crippen LogP) is 1.95. The fraction of sp³-hybridized carbons (Fsp3) is 0.600. The Labute approximate surface area is 98.2 Å². The summed E-state index contributed by atoms with van der Waals surface area (Å²) >= 11 is 3.28. The highest BCUT2D eigenvalue weighted by molar-refractivity contribution is 7.98. The first-order chi connectivity index (χ1) is 7.11. The van der Waals surface area contributed by atoms with Crippen molar-refractivity contribution >= 4 is 28.9 Å². The number of carbonyl (C=O) groups is 1. The summed E-state index contributed by atoms with van der Waals surface area (Å²) in [6.07, 6.45) is 2.08. The molecule has 5 heteroatoms. The van der Waals surface area contributed by atoms with Crippen LogP contribution in [0.3, 0.4) is 0 Å². The van der Waals surface area contributed by atoms with E-state index in [1.54, 1.807) is 25.7 Å². The van der Waals surface area contributed by atoms with E-state index < -0.39 is 0 Å². The van der Waals surface area contributed by atoms with Gasteiger partial charge in [0.2, 0.25) is 0 Å². The van der Waals surface area contributed by atoms with Gasteiger partial charge in [-0.15, -0.1) is 0 Å². The van der Waals surface area contributed by atoms with E-state index in [9.17, 15) is 4.79 Å². The van der Waals surface area contributed by atoms with Crippen LogP contribution in [0.2, 0.25) is 0 Å². The van der Waals surface area contributed by atoms with Gasteiger partial charge in [0, 0.05) is 32.0 Å². The van der Waals surface area contributed by atoms with Crippen LogP contribution >= 0.6 is 23.1 Å². The van der Waals surface area contributed by atoms with Gasteiger partial charge < -0.3 is 4.57 Å². The first-order valence-corrected chi connectivity index (χ1v) is 6.95. The number of Topliss-reactive ketones (excluding diaryl/α,β-unsaturated/α-hetero) is 1. The standard InChI is InChI=1S/C10H16N2OS2/c1-7-9(8(2)13)15-10(11-3)12(7)5-6-14-4/h5-6H2,1-4H3. The lowest BCUT2D eigenvalue weighted by Crippen LogP contribution is -2.17. The zero-order valence-electron chi connectivity index (χ0n) is 9.53. The quantitative estimate of drug-likeness (QED) is 0.759. The highest BCUT2D eigenvalue weighted by Gasteiger charge is 2.12. The Morgan fingerprint density at radius 3 is 2.73 bits per heavy atom. The molecular formula is C10H16N2OS2. The van der Waals surface area contributed by atoms with Crippen LogP contribution in [0.5, 0.6) is 0 Å². The summed E-state index contributed by atoms with van der Waals surface area (Å²) in [5.41, 5.74) is 1.04. The lowest BCUT2D eigenvalue weighted by Gasteiger charge is -2.04. The van der Waals surface area contributed by atoms with E-state index in [2.05, 4.69) is 15.8 Å². The van der Waals surface area contributed by atoms with Gasteiger partial charge in [-0.05, 0) is 13.2 Å². The maximum Gasteiger partial charge on any atom is 0.185 e. The van der Waals surface area contributed by atoms with Gasteiger partial charge in [0.25, 0.3) is 0 Å². The maximum atomic E-state index is 11.4. The van der Waals surface area contributed by atoms with Crippen LogP contribution in [0, 0.1) is 6.92 Å². The topological polar surface area (TPSA) is 34.4 Å². The zero-order chi connectivity index (χ0) is 11.4. The molecule has 0 aliphatic rings. The summed E-state index contributed by atoms with van der Waals surface area (Å²) in [6.45, 7) is 4.52. The van der Waals surface area contributed by atoms with Crippen molar-refractivity contribution in [3.05, 3.63) is 15.4 Å². The van der Waals surface area contributed by atoms with Gasteiger partial charge >= 0.3 is 0 Å². The van der Waals surface area contributed by atoms with E-state index in [-0.39, 0.29) is 5.78 Å². The molecule has 0 N–H and O–H groups in total. The minimum atomic E-state index is 0.130. The molecule has 1 aromatic rings. The van der Waals surface area contributed by atoms with Gasteiger partial charge in [-0.3, -0.25) is 9.79 Å². The molecule has 0 saturated carbocycles. The number of carbonyl (C=O) groups excluding carboxylic acids is 1. The van der Waals surface area contributed by atoms with Crippen molar-refractivity contribution in [3.63, 3.8) is 0 Å². The molecule has 84 valence electrons. The summed E-state index contributed by atoms with van der Waals surface area (Å²) in [7, 11) is 1.77. The lowest BCUT2D eigenvalue weighted by atomic mass is 10.3. The molecule has 0 aliphatic carbocycles. The van der Waals surface area contributed by atoms with Gasteiger partial charge in [-0.1, -0.05) is 11.3 Å². The Balaban J connectivity index is 3.18. The molecule has 0 radical (unpaired) electrons. The third-order valence-electron chi connectivity index (χ3n) is 2.19. The Kier molecular flexibility index (Phi) is 4.60. The SMILES string of the molecule is CN=c1sc(C(C)=O)c(C)n1CCSC. The second kappa shape index (κ2) is 5.51. The molecule has 0 spiro atoms. The van der Waals surface area contributed by atoms with Crippen LogP contribution in [-0.4, -0.2) is 29.4 Å². The van der Waals surface area contributed by atoms with Gasteiger partial charge in [0.15, 0.2) is 10.6 Å². The summed E-state index contributed by atoms with van der Waals surface area (Å²) < 4.78 is 2.12.